The van der Waals surface area contributed by atoms with Crippen molar-refractivity contribution in [3.8, 4) is 0 Å². The van der Waals surface area contributed by atoms with Crippen LogP contribution in [0, 0.1) is 0 Å². The lowest BCUT2D eigenvalue weighted by molar-refractivity contribution is 0.571. The molecule has 4 heterocycles. The van der Waals surface area contributed by atoms with Gasteiger partial charge >= 0.3 is 0 Å². The smallest absolute Gasteiger partial charge is 0.0360 e. The van der Waals surface area contributed by atoms with Gasteiger partial charge in [0.25, 0.3) is 0 Å². The summed E-state index contributed by atoms with van der Waals surface area (Å²) in [5.41, 5.74) is 0. The zero-order valence-corrected chi connectivity index (χ0v) is 33.2. The second-order valence-corrected chi connectivity index (χ2v) is 19.2. The van der Waals surface area contributed by atoms with Gasteiger partial charge in [-0.05, 0) is 121 Å². The van der Waals surface area contributed by atoms with E-state index in [1.807, 2.05) is 45.3 Å². The van der Waals surface area contributed by atoms with Gasteiger partial charge < -0.3 is 0 Å². The first kappa shape index (κ1) is 36.1. The average Bonchev–Trinajstić information content (AvgIpc) is 3.87. The third kappa shape index (κ3) is 9.95. The molecule has 0 bridgehead atoms. The van der Waals surface area contributed by atoms with Gasteiger partial charge in [-0.2, -0.15) is 0 Å². The molecule has 2 aromatic carbocycles. The SMILES string of the molecule is CCCCCCCCCc1cc2cc3cc(CCCCCCc4cc5cc6cc(C(C)CCCCCCC)sc6cc5s4)sc3cc2s1. The highest BCUT2D eigenvalue weighted by molar-refractivity contribution is 7.22. The third-order valence-corrected chi connectivity index (χ3v) is 15.1. The van der Waals surface area contributed by atoms with Crippen LogP contribution in [0.3, 0.4) is 0 Å². The summed E-state index contributed by atoms with van der Waals surface area (Å²) in [4.78, 5) is 6.30. The van der Waals surface area contributed by atoms with Crippen LogP contribution >= 0.6 is 45.3 Å². The quantitative estimate of drug-likeness (QED) is 0.0614. The minimum Gasteiger partial charge on any atom is -0.140 e. The summed E-state index contributed by atoms with van der Waals surface area (Å²) in [6.45, 7) is 7.03. The maximum absolute atomic E-state index is 2.49. The van der Waals surface area contributed by atoms with Crippen LogP contribution in [-0.4, -0.2) is 0 Å². The van der Waals surface area contributed by atoms with E-state index in [1.165, 1.54) is 169 Å². The zero-order valence-electron chi connectivity index (χ0n) is 30.0. The highest BCUT2D eigenvalue weighted by Gasteiger charge is 2.12. The Bertz CT molecular complexity index is 1740. The Balaban J connectivity index is 0.912. The molecule has 1 atom stereocenters. The van der Waals surface area contributed by atoms with Crippen LogP contribution in [0.15, 0.2) is 48.5 Å². The Morgan fingerprint density at radius 2 is 0.771 bits per heavy atom. The van der Waals surface area contributed by atoms with E-state index in [4.69, 9.17) is 0 Å². The monoisotopic (exact) mass is 714 g/mol. The average molecular weight is 715 g/mol. The second-order valence-electron chi connectivity index (χ2n) is 14.5. The first-order valence-corrected chi connectivity index (χ1v) is 22.8. The van der Waals surface area contributed by atoms with Gasteiger partial charge in [0.1, 0.15) is 0 Å². The van der Waals surface area contributed by atoms with Crippen molar-refractivity contribution in [1.82, 2.24) is 0 Å². The lowest BCUT2D eigenvalue weighted by Gasteiger charge is -2.08. The molecule has 1 unspecified atom stereocenters. The summed E-state index contributed by atoms with van der Waals surface area (Å²) < 4.78 is 5.92. The van der Waals surface area contributed by atoms with Gasteiger partial charge in [-0.3, -0.25) is 0 Å². The van der Waals surface area contributed by atoms with Crippen LogP contribution in [0.25, 0.3) is 40.3 Å². The summed E-state index contributed by atoms with van der Waals surface area (Å²) in [7, 11) is 0. The van der Waals surface area contributed by atoms with E-state index in [1.54, 1.807) is 19.5 Å². The maximum Gasteiger partial charge on any atom is 0.0360 e. The fourth-order valence-electron chi connectivity index (χ4n) is 7.36. The second kappa shape index (κ2) is 18.5. The lowest BCUT2D eigenvalue weighted by atomic mass is 10.0. The van der Waals surface area contributed by atoms with Crippen LogP contribution in [0.5, 0.6) is 0 Å². The Labute approximate surface area is 307 Å². The van der Waals surface area contributed by atoms with Gasteiger partial charge in [0.15, 0.2) is 0 Å². The molecule has 4 aromatic heterocycles. The van der Waals surface area contributed by atoms with Gasteiger partial charge in [-0.1, -0.05) is 104 Å². The Kier molecular flexibility index (Phi) is 13.9. The Morgan fingerprint density at radius 3 is 1.23 bits per heavy atom. The number of benzene rings is 2. The Hall–Kier alpha value is -1.72. The summed E-state index contributed by atoms with van der Waals surface area (Å²) >= 11 is 8.14. The van der Waals surface area contributed by atoms with Crippen molar-refractivity contribution in [3.05, 3.63) is 68.0 Å². The lowest BCUT2D eigenvalue weighted by Crippen LogP contribution is -1.90. The van der Waals surface area contributed by atoms with E-state index >= 15 is 0 Å². The highest BCUT2D eigenvalue weighted by atomic mass is 32.1. The molecule has 0 aliphatic rings. The number of aryl methyl sites for hydroxylation is 3. The van der Waals surface area contributed by atoms with Gasteiger partial charge in [-0.25, -0.2) is 0 Å². The highest BCUT2D eigenvalue weighted by Crippen LogP contribution is 2.39. The van der Waals surface area contributed by atoms with Gasteiger partial charge in [-0.15, -0.1) is 45.3 Å². The first-order valence-electron chi connectivity index (χ1n) is 19.5. The Morgan fingerprint density at radius 1 is 0.396 bits per heavy atom. The maximum atomic E-state index is 2.49. The summed E-state index contributed by atoms with van der Waals surface area (Å²) in [5.74, 6) is 0.687. The molecule has 0 aliphatic heterocycles. The molecule has 0 aliphatic carbocycles. The van der Waals surface area contributed by atoms with Crippen molar-refractivity contribution in [2.45, 2.75) is 155 Å². The number of fused-ring (bicyclic) bond motifs is 4. The standard InChI is InChI=1S/C44H58S4/c1-4-6-8-10-11-13-17-21-37-26-33-24-34-27-38(46-42(34)30-41(33)45-37)22-18-14-15-19-23-39-28-35-25-36-29-40(48-44(36)31-43(35)47-39)32(3)20-16-12-9-7-5-2/h24-32H,4-23H2,1-3H3. The molecule has 0 radical (unpaired) electrons. The number of rotatable bonds is 22. The van der Waals surface area contributed by atoms with Crippen molar-refractivity contribution in [1.29, 1.82) is 0 Å². The predicted molar refractivity (Wildman–Crippen MR) is 224 cm³/mol. The molecule has 0 fully saturated rings. The molecule has 48 heavy (non-hydrogen) atoms. The minimum absolute atomic E-state index is 0.687. The number of thiophene rings is 4. The van der Waals surface area contributed by atoms with E-state index in [9.17, 15) is 0 Å². The predicted octanol–water partition coefficient (Wildman–Crippen LogP) is 16.6. The van der Waals surface area contributed by atoms with Crippen LogP contribution in [0.1, 0.15) is 155 Å². The molecule has 258 valence electrons. The molecule has 4 heteroatoms. The van der Waals surface area contributed by atoms with E-state index in [2.05, 4.69) is 69.3 Å². The molecule has 0 N–H and O–H groups in total. The number of hydrogen-bond acceptors (Lipinski definition) is 4. The molecule has 6 aromatic rings. The van der Waals surface area contributed by atoms with Crippen molar-refractivity contribution < 1.29 is 0 Å². The molecule has 0 nitrogen and oxygen atoms in total. The van der Waals surface area contributed by atoms with Crippen molar-refractivity contribution in [2.24, 2.45) is 0 Å². The van der Waals surface area contributed by atoms with Crippen LogP contribution in [0.4, 0.5) is 0 Å². The van der Waals surface area contributed by atoms with Crippen LogP contribution < -0.4 is 0 Å². The van der Waals surface area contributed by atoms with Gasteiger partial charge in [0, 0.05) is 38.3 Å². The molecule has 0 saturated carbocycles. The van der Waals surface area contributed by atoms with Crippen molar-refractivity contribution in [2.75, 3.05) is 0 Å². The fraction of sp³-hybridized carbons (Fsp3) is 0.545. The van der Waals surface area contributed by atoms with E-state index in [-0.39, 0.29) is 0 Å². The van der Waals surface area contributed by atoms with Gasteiger partial charge in [0.2, 0.25) is 0 Å². The summed E-state index contributed by atoms with van der Waals surface area (Å²) in [6, 6.07) is 19.8. The molecule has 0 saturated heterocycles. The van der Waals surface area contributed by atoms with E-state index < -0.39 is 0 Å². The molecular weight excluding hydrogens is 657 g/mol. The molecule has 0 spiro atoms. The van der Waals surface area contributed by atoms with Crippen LogP contribution in [-0.2, 0) is 19.3 Å². The minimum atomic E-state index is 0.687. The summed E-state index contributed by atoms with van der Waals surface area (Å²) in [6.07, 6.45) is 27.0. The third-order valence-electron chi connectivity index (χ3n) is 10.3. The fourth-order valence-corrected chi connectivity index (χ4v) is 12.1. The number of hydrogen-bond donors (Lipinski definition) is 0. The molecule has 6 rings (SSSR count). The topological polar surface area (TPSA) is 0 Å². The largest absolute Gasteiger partial charge is 0.140 e. The van der Waals surface area contributed by atoms with E-state index in [0.29, 0.717) is 5.92 Å². The normalized spacial score (nSPS) is 12.8. The molecule has 0 amide bonds. The van der Waals surface area contributed by atoms with Gasteiger partial charge in [0.05, 0.1) is 0 Å². The van der Waals surface area contributed by atoms with Crippen molar-refractivity contribution in [3.63, 3.8) is 0 Å². The van der Waals surface area contributed by atoms with E-state index in [0.717, 1.165) is 0 Å². The van der Waals surface area contributed by atoms with Crippen molar-refractivity contribution >= 4 is 85.7 Å². The van der Waals surface area contributed by atoms with Crippen LogP contribution in [0.2, 0.25) is 0 Å². The summed E-state index contributed by atoms with van der Waals surface area (Å²) in [5, 5.41) is 5.82. The molecular formula is C44H58S4. The first-order chi connectivity index (χ1) is 23.6. The number of unbranched alkanes of at least 4 members (excludes halogenated alkanes) is 13. The zero-order chi connectivity index (χ0) is 33.1.